The van der Waals surface area contributed by atoms with Gasteiger partial charge >= 0.3 is 0 Å². The van der Waals surface area contributed by atoms with Crippen LogP contribution in [0.5, 0.6) is 0 Å². The van der Waals surface area contributed by atoms with Crippen molar-refractivity contribution in [3.63, 3.8) is 0 Å². The zero-order valence-corrected chi connectivity index (χ0v) is 10.7. The number of hydrogen-bond donors (Lipinski definition) is 1. The first-order valence-corrected chi connectivity index (χ1v) is 7.23. The fourth-order valence-electron chi connectivity index (χ4n) is 3.13. The molecule has 3 heteroatoms. The van der Waals surface area contributed by atoms with Crippen molar-refractivity contribution in [1.82, 2.24) is 4.90 Å². The highest BCUT2D eigenvalue weighted by Crippen LogP contribution is 2.28. The Hall–Kier alpha value is -0.570. The summed E-state index contributed by atoms with van der Waals surface area (Å²) in [6.07, 6.45) is 9.54. The number of aliphatic hydroxyl groups excluding tert-OH is 1. The van der Waals surface area contributed by atoms with Crippen LogP contribution in [0.1, 0.15) is 57.8 Å². The van der Waals surface area contributed by atoms with Crippen molar-refractivity contribution in [2.45, 2.75) is 63.9 Å². The lowest BCUT2D eigenvalue weighted by Gasteiger charge is -2.26. The second kappa shape index (κ2) is 6.39. The van der Waals surface area contributed by atoms with Gasteiger partial charge in [0.15, 0.2) is 0 Å². The zero-order valence-electron chi connectivity index (χ0n) is 10.7. The summed E-state index contributed by atoms with van der Waals surface area (Å²) in [5, 5.41) is 9.78. The summed E-state index contributed by atoms with van der Waals surface area (Å²) in [7, 11) is 0. The van der Waals surface area contributed by atoms with Crippen molar-refractivity contribution < 1.29 is 9.90 Å². The first-order chi connectivity index (χ1) is 8.27. The number of likely N-dealkylation sites (tertiary alicyclic amines) is 1. The Morgan fingerprint density at radius 2 is 1.94 bits per heavy atom. The Kier molecular flexibility index (Phi) is 4.84. The van der Waals surface area contributed by atoms with E-state index in [0.717, 1.165) is 58.0 Å². The molecule has 2 aliphatic rings. The van der Waals surface area contributed by atoms with Gasteiger partial charge in [0.05, 0.1) is 6.10 Å². The summed E-state index contributed by atoms with van der Waals surface area (Å²) in [5.41, 5.74) is 0. The van der Waals surface area contributed by atoms with Gasteiger partial charge in [-0.15, -0.1) is 0 Å². The Morgan fingerprint density at radius 1 is 1.12 bits per heavy atom. The number of nitrogens with zero attached hydrogens (tertiary/aromatic N) is 1. The monoisotopic (exact) mass is 239 g/mol. The Morgan fingerprint density at radius 3 is 2.71 bits per heavy atom. The van der Waals surface area contributed by atoms with Gasteiger partial charge in [0, 0.05) is 19.5 Å². The van der Waals surface area contributed by atoms with E-state index in [1.54, 1.807) is 0 Å². The van der Waals surface area contributed by atoms with E-state index in [4.69, 9.17) is 0 Å². The first-order valence-electron chi connectivity index (χ1n) is 7.23. The van der Waals surface area contributed by atoms with Gasteiger partial charge in [0.2, 0.25) is 5.91 Å². The Balaban J connectivity index is 1.77. The molecule has 1 aliphatic carbocycles. The number of amides is 1. The van der Waals surface area contributed by atoms with Gasteiger partial charge in [0.1, 0.15) is 0 Å². The molecule has 0 spiro atoms. The average molecular weight is 239 g/mol. The van der Waals surface area contributed by atoms with E-state index < -0.39 is 0 Å². The van der Waals surface area contributed by atoms with E-state index in [1.165, 1.54) is 12.8 Å². The third-order valence-electron chi connectivity index (χ3n) is 4.31. The molecule has 1 aliphatic heterocycles. The van der Waals surface area contributed by atoms with Gasteiger partial charge in [-0.05, 0) is 38.0 Å². The van der Waals surface area contributed by atoms with Crippen molar-refractivity contribution in [3.8, 4) is 0 Å². The van der Waals surface area contributed by atoms with Crippen LogP contribution in [0.2, 0.25) is 0 Å². The quantitative estimate of drug-likeness (QED) is 0.821. The Labute approximate surface area is 104 Å². The molecule has 0 aromatic rings. The molecule has 1 amide bonds. The van der Waals surface area contributed by atoms with Crippen LogP contribution in [0.25, 0.3) is 0 Å². The van der Waals surface area contributed by atoms with Gasteiger partial charge in [-0.25, -0.2) is 0 Å². The minimum absolute atomic E-state index is 0.111. The SMILES string of the molecule is O=C1CCCCCCN1CCC1CCCC1O. The number of rotatable bonds is 3. The van der Waals surface area contributed by atoms with Crippen molar-refractivity contribution >= 4 is 5.91 Å². The summed E-state index contributed by atoms with van der Waals surface area (Å²) in [5.74, 6) is 0.769. The fourth-order valence-corrected chi connectivity index (χ4v) is 3.13. The second-order valence-electron chi connectivity index (χ2n) is 5.59. The van der Waals surface area contributed by atoms with Crippen LogP contribution in [-0.4, -0.2) is 35.1 Å². The molecule has 0 bridgehead atoms. The van der Waals surface area contributed by atoms with Crippen molar-refractivity contribution in [3.05, 3.63) is 0 Å². The highest BCUT2D eigenvalue weighted by atomic mass is 16.3. The van der Waals surface area contributed by atoms with Crippen LogP contribution in [0.3, 0.4) is 0 Å². The fraction of sp³-hybridized carbons (Fsp3) is 0.929. The van der Waals surface area contributed by atoms with Gasteiger partial charge in [-0.2, -0.15) is 0 Å². The topological polar surface area (TPSA) is 40.5 Å². The van der Waals surface area contributed by atoms with Crippen molar-refractivity contribution in [1.29, 1.82) is 0 Å². The minimum atomic E-state index is -0.111. The van der Waals surface area contributed by atoms with E-state index in [1.807, 2.05) is 4.90 Å². The molecule has 2 unspecified atom stereocenters. The molecule has 1 saturated heterocycles. The normalized spacial score (nSPS) is 31.4. The predicted octanol–water partition coefficient (Wildman–Crippen LogP) is 2.33. The summed E-state index contributed by atoms with van der Waals surface area (Å²) < 4.78 is 0. The van der Waals surface area contributed by atoms with Crippen LogP contribution in [0.15, 0.2) is 0 Å². The molecule has 2 rings (SSSR count). The second-order valence-corrected chi connectivity index (χ2v) is 5.59. The molecule has 2 fully saturated rings. The standard InChI is InChI=1S/C14H25NO2/c16-13-7-5-6-12(13)9-11-15-10-4-2-1-3-8-14(15)17/h12-13,16H,1-11H2. The van der Waals surface area contributed by atoms with Crippen molar-refractivity contribution in [2.75, 3.05) is 13.1 Å². The van der Waals surface area contributed by atoms with E-state index in [2.05, 4.69) is 0 Å². The molecule has 0 aromatic carbocycles. The highest BCUT2D eigenvalue weighted by Gasteiger charge is 2.26. The first kappa shape index (κ1) is 12.9. The average Bonchev–Trinajstić information content (AvgIpc) is 2.69. The van der Waals surface area contributed by atoms with Gasteiger partial charge in [-0.1, -0.05) is 19.3 Å². The lowest BCUT2D eigenvalue weighted by molar-refractivity contribution is -0.132. The lowest BCUT2D eigenvalue weighted by atomic mass is 10.0. The molecule has 1 saturated carbocycles. The number of carbonyl (C=O) groups excluding carboxylic acids is 1. The molecule has 98 valence electrons. The largest absolute Gasteiger partial charge is 0.393 e. The van der Waals surface area contributed by atoms with Crippen LogP contribution in [0.4, 0.5) is 0 Å². The number of carbonyl (C=O) groups is 1. The molecule has 0 radical (unpaired) electrons. The van der Waals surface area contributed by atoms with Gasteiger partial charge < -0.3 is 10.0 Å². The molecular weight excluding hydrogens is 214 g/mol. The van der Waals surface area contributed by atoms with E-state index in [9.17, 15) is 9.90 Å². The Bertz CT molecular complexity index is 255. The van der Waals surface area contributed by atoms with E-state index >= 15 is 0 Å². The van der Waals surface area contributed by atoms with Crippen LogP contribution in [0, 0.1) is 5.92 Å². The van der Waals surface area contributed by atoms with Crippen LogP contribution >= 0.6 is 0 Å². The maximum Gasteiger partial charge on any atom is 0.222 e. The molecule has 1 N–H and O–H groups in total. The molecule has 3 nitrogen and oxygen atoms in total. The number of aliphatic hydroxyl groups is 1. The third-order valence-corrected chi connectivity index (χ3v) is 4.31. The van der Waals surface area contributed by atoms with Crippen molar-refractivity contribution in [2.24, 2.45) is 5.92 Å². The smallest absolute Gasteiger partial charge is 0.222 e. The molecule has 1 heterocycles. The highest BCUT2D eigenvalue weighted by molar-refractivity contribution is 5.76. The summed E-state index contributed by atoms with van der Waals surface area (Å²) >= 11 is 0. The summed E-state index contributed by atoms with van der Waals surface area (Å²) in [4.78, 5) is 13.9. The maximum absolute atomic E-state index is 11.9. The summed E-state index contributed by atoms with van der Waals surface area (Å²) in [6, 6.07) is 0. The maximum atomic E-state index is 11.9. The number of hydrogen-bond acceptors (Lipinski definition) is 2. The molecule has 0 aromatic heterocycles. The molecular formula is C14H25NO2. The van der Waals surface area contributed by atoms with E-state index in [-0.39, 0.29) is 6.10 Å². The minimum Gasteiger partial charge on any atom is -0.393 e. The predicted molar refractivity (Wildman–Crippen MR) is 67.6 cm³/mol. The van der Waals surface area contributed by atoms with Gasteiger partial charge in [0.25, 0.3) is 0 Å². The summed E-state index contributed by atoms with van der Waals surface area (Å²) in [6.45, 7) is 1.79. The molecule has 17 heavy (non-hydrogen) atoms. The lowest BCUT2D eigenvalue weighted by Crippen LogP contribution is -2.35. The molecule has 2 atom stereocenters. The zero-order chi connectivity index (χ0) is 12.1. The third kappa shape index (κ3) is 3.70. The van der Waals surface area contributed by atoms with E-state index in [0.29, 0.717) is 11.8 Å². The van der Waals surface area contributed by atoms with Gasteiger partial charge in [-0.3, -0.25) is 4.79 Å². The van der Waals surface area contributed by atoms with Crippen LogP contribution in [-0.2, 0) is 4.79 Å². The van der Waals surface area contributed by atoms with Crippen LogP contribution < -0.4 is 0 Å².